The molecule has 3 aliphatic heterocycles. The summed E-state index contributed by atoms with van der Waals surface area (Å²) < 4.78 is 41.9. The summed E-state index contributed by atoms with van der Waals surface area (Å²) in [6.45, 7) is 5.06. The van der Waals surface area contributed by atoms with Crippen molar-refractivity contribution in [2.24, 2.45) is 0 Å². The number of nitrogens with one attached hydrogen (secondary N) is 1. The molecule has 222 valence electrons. The van der Waals surface area contributed by atoms with Gasteiger partial charge in [0.15, 0.2) is 5.82 Å². The number of pyridine rings is 1. The lowest BCUT2D eigenvalue weighted by Gasteiger charge is -2.31. The minimum absolute atomic E-state index is 0.00838. The third-order valence-corrected chi connectivity index (χ3v) is 8.82. The Hall–Kier alpha value is -3.63. The summed E-state index contributed by atoms with van der Waals surface area (Å²) in [7, 11) is 1.42. The van der Waals surface area contributed by atoms with Gasteiger partial charge >= 0.3 is 6.01 Å². The van der Waals surface area contributed by atoms with Gasteiger partial charge in [-0.25, -0.2) is 13.8 Å². The van der Waals surface area contributed by atoms with Gasteiger partial charge in [0.2, 0.25) is 5.88 Å². The monoisotopic (exact) mass is 576 g/mol. The van der Waals surface area contributed by atoms with Crippen molar-refractivity contribution < 1.29 is 18.3 Å². The van der Waals surface area contributed by atoms with Crippen molar-refractivity contribution in [2.45, 2.75) is 56.9 Å². The number of ether oxygens (including phenoxy) is 2. The highest BCUT2D eigenvalue weighted by Crippen LogP contribution is 2.40. The number of rotatable bonds is 5. The van der Waals surface area contributed by atoms with Gasteiger partial charge in [-0.3, -0.25) is 4.90 Å². The number of anilines is 1. The van der Waals surface area contributed by atoms with Crippen LogP contribution in [0.1, 0.15) is 51.4 Å². The zero-order chi connectivity index (χ0) is 29.1. The van der Waals surface area contributed by atoms with Crippen molar-refractivity contribution in [3.63, 3.8) is 0 Å². The minimum atomic E-state index is -0.696. The molecule has 0 radical (unpaired) electrons. The molecule has 0 aliphatic carbocycles. The number of halogens is 2. The van der Waals surface area contributed by atoms with Crippen LogP contribution in [0.4, 0.5) is 14.6 Å². The van der Waals surface area contributed by atoms with Gasteiger partial charge in [-0.2, -0.15) is 9.97 Å². The van der Waals surface area contributed by atoms with E-state index in [4.69, 9.17) is 15.2 Å². The highest BCUT2D eigenvalue weighted by Gasteiger charge is 2.45. The third kappa shape index (κ3) is 5.45. The summed E-state index contributed by atoms with van der Waals surface area (Å²) in [5, 5.41) is 4.42. The molecule has 0 spiro atoms. The van der Waals surface area contributed by atoms with Crippen LogP contribution in [0.15, 0.2) is 36.4 Å². The molecule has 5 heterocycles. The molecule has 0 amide bonds. The number of nitrogen functional groups attached to an aromatic ring is 1. The number of benzene rings is 2. The number of aromatic nitrogens is 3. The number of nitrogens with zero attached hydrogens (tertiary/aromatic N) is 4. The molecular formula is C32H38F2N6O2. The number of nitrogens with two attached hydrogens (primary N) is 1. The second-order valence-electron chi connectivity index (χ2n) is 11.4. The molecule has 0 saturated carbocycles. The van der Waals surface area contributed by atoms with E-state index < -0.39 is 11.6 Å². The topological polar surface area (TPSA) is 98.4 Å². The molecule has 2 aromatic heterocycles. The molecule has 4 aromatic rings. The number of fused-ring (bicyclic) bond motifs is 3. The standard InChI is InChI=1S/C26H25F2N5O2.C6H13N/c1-34-24-19-22(20(28)21(30-24)17-8-9-18(27)16-7-3-2-6-15(16)17)31-25(32-23(19)29)35-14-26-10-4-12-33(26)13-5-11-26;1-2-4-6-7-5-3-1/h2-3,6-9H,4-5,10-14H2,1H3,(H2,29,31,32);7H,1-6H2. The van der Waals surface area contributed by atoms with Crippen molar-refractivity contribution in [3.05, 3.63) is 48.0 Å². The maximum Gasteiger partial charge on any atom is 0.319 e. The Kier molecular flexibility index (Phi) is 8.35. The first-order valence-corrected chi connectivity index (χ1v) is 15.0. The third-order valence-electron chi connectivity index (χ3n) is 8.82. The fourth-order valence-corrected chi connectivity index (χ4v) is 6.64. The minimum Gasteiger partial charge on any atom is -0.480 e. The van der Waals surface area contributed by atoms with Gasteiger partial charge in [-0.1, -0.05) is 37.1 Å². The molecule has 0 atom stereocenters. The zero-order valence-corrected chi connectivity index (χ0v) is 24.1. The first-order chi connectivity index (χ1) is 20.5. The molecule has 10 heteroatoms. The average Bonchev–Trinajstić information content (AvgIpc) is 3.44. The SMILES string of the molecule is C1CCCNCC1.COc1nc(-c2ccc(F)c3ccccc23)c(F)c2nc(OCC34CCCN3CCC4)nc(N)c12. The largest absolute Gasteiger partial charge is 0.480 e. The van der Waals surface area contributed by atoms with E-state index in [1.54, 1.807) is 24.3 Å². The first-order valence-electron chi connectivity index (χ1n) is 15.0. The molecule has 3 saturated heterocycles. The van der Waals surface area contributed by atoms with E-state index in [9.17, 15) is 4.39 Å². The van der Waals surface area contributed by atoms with Crippen molar-refractivity contribution in [1.29, 1.82) is 0 Å². The zero-order valence-electron chi connectivity index (χ0n) is 24.1. The normalized spacial score (nSPS) is 18.4. The lowest BCUT2D eigenvalue weighted by molar-refractivity contribution is 0.108. The van der Waals surface area contributed by atoms with Crippen LogP contribution in [0, 0.1) is 11.6 Å². The van der Waals surface area contributed by atoms with E-state index in [2.05, 4.69) is 25.2 Å². The second kappa shape index (κ2) is 12.3. The van der Waals surface area contributed by atoms with Crippen LogP contribution in [0.2, 0.25) is 0 Å². The molecule has 0 bridgehead atoms. The maximum atomic E-state index is 16.0. The lowest BCUT2D eigenvalue weighted by atomic mass is 9.95. The summed E-state index contributed by atoms with van der Waals surface area (Å²) in [5.41, 5.74) is 6.57. The van der Waals surface area contributed by atoms with Gasteiger partial charge in [0, 0.05) is 10.9 Å². The molecule has 8 nitrogen and oxygen atoms in total. The van der Waals surface area contributed by atoms with Gasteiger partial charge in [0.25, 0.3) is 0 Å². The van der Waals surface area contributed by atoms with Crippen LogP contribution in [0.5, 0.6) is 11.9 Å². The Morgan fingerprint density at radius 2 is 1.62 bits per heavy atom. The van der Waals surface area contributed by atoms with Crippen LogP contribution < -0.4 is 20.5 Å². The Morgan fingerprint density at radius 1 is 0.905 bits per heavy atom. The van der Waals surface area contributed by atoms with Crippen molar-refractivity contribution in [3.8, 4) is 23.1 Å². The van der Waals surface area contributed by atoms with Crippen LogP contribution in [-0.4, -0.2) is 65.3 Å². The average molecular weight is 577 g/mol. The first kappa shape index (κ1) is 28.5. The van der Waals surface area contributed by atoms with Gasteiger partial charge in [0.05, 0.1) is 12.6 Å². The molecule has 2 aromatic carbocycles. The predicted molar refractivity (Wildman–Crippen MR) is 161 cm³/mol. The van der Waals surface area contributed by atoms with Crippen LogP contribution >= 0.6 is 0 Å². The Morgan fingerprint density at radius 3 is 2.33 bits per heavy atom. The van der Waals surface area contributed by atoms with Crippen LogP contribution in [0.25, 0.3) is 32.9 Å². The van der Waals surface area contributed by atoms with Crippen LogP contribution in [0.3, 0.4) is 0 Å². The Labute approximate surface area is 244 Å². The fourth-order valence-electron chi connectivity index (χ4n) is 6.64. The molecular weight excluding hydrogens is 538 g/mol. The fraction of sp³-hybridized carbons (Fsp3) is 0.469. The highest BCUT2D eigenvalue weighted by atomic mass is 19.1. The van der Waals surface area contributed by atoms with Gasteiger partial charge in [-0.15, -0.1) is 0 Å². The molecule has 3 fully saturated rings. The van der Waals surface area contributed by atoms with Gasteiger partial charge in [-0.05, 0) is 82.2 Å². The van der Waals surface area contributed by atoms with Crippen LogP contribution in [-0.2, 0) is 0 Å². The summed E-state index contributed by atoms with van der Waals surface area (Å²) in [5.74, 6) is -0.980. The van der Waals surface area contributed by atoms with Crippen molar-refractivity contribution >= 4 is 27.5 Å². The van der Waals surface area contributed by atoms with Crippen molar-refractivity contribution in [2.75, 3.05) is 45.6 Å². The molecule has 7 rings (SSSR count). The van der Waals surface area contributed by atoms with Gasteiger partial charge < -0.3 is 20.5 Å². The van der Waals surface area contributed by atoms with E-state index in [1.807, 2.05) is 0 Å². The van der Waals surface area contributed by atoms with E-state index in [0.29, 0.717) is 22.9 Å². The Bertz CT molecular complexity index is 1550. The summed E-state index contributed by atoms with van der Waals surface area (Å²) >= 11 is 0. The second-order valence-corrected chi connectivity index (χ2v) is 11.4. The lowest BCUT2D eigenvalue weighted by Crippen LogP contribution is -2.43. The molecule has 0 unspecified atom stereocenters. The van der Waals surface area contributed by atoms with E-state index in [1.165, 1.54) is 58.0 Å². The number of methoxy groups -OCH3 is 1. The summed E-state index contributed by atoms with van der Waals surface area (Å²) in [6.07, 6.45) is 10.0. The molecule has 3 N–H and O–H groups in total. The van der Waals surface area contributed by atoms with E-state index >= 15 is 4.39 Å². The van der Waals surface area contributed by atoms with Gasteiger partial charge in [0.1, 0.15) is 34.8 Å². The number of hydrogen-bond donors (Lipinski definition) is 2. The van der Waals surface area contributed by atoms with Crippen molar-refractivity contribution in [1.82, 2.24) is 25.2 Å². The maximum absolute atomic E-state index is 16.0. The predicted octanol–water partition coefficient (Wildman–Crippen LogP) is 5.87. The summed E-state index contributed by atoms with van der Waals surface area (Å²) in [6, 6.07) is 9.69. The van der Waals surface area contributed by atoms with E-state index in [-0.39, 0.29) is 39.8 Å². The quantitative estimate of drug-likeness (QED) is 0.304. The highest BCUT2D eigenvalue weighted by molar-refractivity contribution is 6.00. The summed E-state index contributed by atoms with van der Waals surface area (Å²) in [4.78, 5) is 15.5. The van der Waals surface area contributed by atoms with E-state index in [0.717, 1.165) is 38.8 Å². The Balaban J connectivity index is 0.000000397. The molecule has 3 aliphatic rings. The molecule has 42 heavy (non-hydrogen) atoms. The smallest absolute Gasteiger partial charge is 0.319 e. The number of hydrogen-bond acceptors (Lipinski definition) is 8.